The highest BCUT2D eigenvalue weighted by atomic mass is 19.1. The Balaban J connectivity index is 1.70. The first-order chi connectivity index (χ1) is 13.0. The molecule has 0 saturated carbocycles. The van der Waals surface area contributed by atoms with Crippen LogP contribution in [0.4, 0.5) is 4.39 Å². The molecule has 1 aromatic heterocycles. The summed E-state index contributed by atoms with van der Waals surface area (Å²) >= 11 is 0. The lowest BCUT2D eigenvalue weighted by Crippen LogP contribution is -2.49. The van der Waals surface area contributed by atoms with Crippen LogP contribution in [0.5, 0.6) is 0 Å². The zero-order valence-corrected chi connectivity index (χ0v) is 15.2. The number of aromatic nitrogens is 2. The molecule has 7 heteroatoms. The molecule has 2 aromatic rings. The van der Waals surface area contributed by atoms with Gasteiger partial charge in [-0.15, -0.1) is 0 Å². The number of rotatable bonds is 3. The molecule has 1 saturated heterocycles. The third kappa shape index (κ3) is 3.01. The van der Waals surface area contributed by atoms with Gasteiger partial charge in [0, 0.05) is 23.8 Å². The van der Waals surface area contributed by atoms with Crippen molar-refractivity contribution < 1.29 is 19.1 Å². The van der Waals surface area contributed by atoms with Gasteiger partial charge in [0.1, 0.15) is 5.82 Å². The topological polar surface area (TPSA) is 75.4 Å². The summed E-state index contributed by atoms with van der Waals surface area (Å²) in [5.41, 5.74) is 3.06. The van der Waals surface area contributed by atoms with Crippen LogP contribution in [0.2, 0.25) is 0 Å². The van der Waals surface area contributed by atoms with E-state index >= 15 is 0 Å². The number of aliphatic carboxylic acids is 1. The predicted octanol–water partition coefficient (Wildman–Crippen LogP) is 2.83. The molecule has 2 heterocycles. The van der Waals surface area contributed by atoms with E-state index in [1.54, 1.807) is 28.6 Å². The van der Waals surface area contributed by atoms with Crippen LogP contribution in [0.3, 0.4) is 0 Å². The minimum absolute atomic E-state index is 0.201. The van der Waals surface area contributed by atoms with Crippen molar-refractivity contribution in [1.82, 2.24) is 14.7 Å². The van der Waals surface area contributed by atoms with Gasteiger partial charge in [0.2, 0.25) is 0 Å². The molecule has 2 atom stereocenters. The molecule has 1 aromatic carbocycles. The molecular formula is C20H22FN3O3. The number of piperidine rings is 1. The van der Waals surface area contributed by atoms with Gasteiger partial charge in [-0.2, -0.15) is 5.10 Å². The lowest BCUT2D eigenvalue weighted by Gasteiger charge is -2.37. The van der Waals surface area contributed by atoms with E-state index in [4.69, 9.17) is 0 Å². The third-order valence-corrected chi connectivity index (χ3v) is 5.77. The van der Waals surface area contributed by atoms with E-state index in [9.17, 15) is 19.1 Å². The van der Waals surface area contributed by atoms with Crippen molar-refractivity contribution in [3.8, 4) is 5.69 Å². The number of hydrogen-bond donors (Lipinski definition) is 1. The monoisotopic (exact) mass is 371 g/mol. The molecule has 1 N–H and O–H groups in total. The van der Waals surface area contributed by atoms with E-state index in [1.165, 1.54) is 12.1 Å². The molecule has 6 nitrogen and oxygen atoms in total. The standard InChI is InChI=1S/C20H22FN3O3/c1-12-15(20(26)27)5-3-11-23(12)19(25)18-16-4-2-6-17(16)24(22-18)14-9-7-13(21)8-10-14/h7-10,12,15H,2-6,11H2,1H3,(H,26,27)/t12-,15-/m1/s1. The molecule has 0 bridgehead atoms. The zero-order chi connectivity index (χ0) is 19.1. The van der Waals surface area contributed by atoms with Crippen LogP contribution in [0, 0.1) is 11.7 Å². The van der Waals surface area contributed by atoms with Crippen molar-refractivity contribution in [2.24, 2.45) is 5.92 Å². The summed E-state index contributed by atoms with van der Waals surface area (Å²) in [6.45, 7) is 2.34. The zero-order valence-electron chi connectivity index (χ0n) is 15.2. The third-order valence-electron chi connectivity index (χ3n) is 5.77. The predicted molar refractivity (Wildman–Crippen MR) is 96.4 cm³/mol. The lowest BCUT2D eigenvalue weighted by molar-refractivity contribution is -0.144. The molecule has 1 aliphatic carbocycles. The second-order valence-electron chi connectivity index (χ2n) is 7.34. The first kappa shape index (κ1) is 17.7. The Morgan fingerprint density at radius 1 is 1.19 bits per heavy atom. The van der Waals surface area contributed by atoms with Gasteiger partial charge in [0.05, 0.1) is 11.6 Å². The summed E-state index contributed by atoms with van der Waals surface area (Å²) in [5.74, 6) is -1.93. The second-order valence-corrected chi connectivity index (χ2v) is 7.34. The fourth-order valence-electron chi connectivity index (χ4n) is 4.30. The number of carbonyl (C=O) groups excluding carboxylic acids is 1. The first-order valence-corrected chi connectivity index (χ1v) is 9.38. The number of halogens is 1. The first-order valence-electron chi connectivity index (χ1n) is 9.38. The summed E-state index contributed by atoms with van der Waals surface area (Å²) in [4.78, 5) is 26.4. The highest BCUT2D eigenvalue weighted by Crippen LogP contribution is 2.31. The second kappa shape index (κ2) is 6.79. The molecule has 0 unspecified atom stereocenters. The molecule has 2 aliphatic rings. The van der Waals surface area contributed by atoms with E-state index in [-0.39, 0.29) is 17.8 Å². The van der Waals surface area contributed by atoms with Crippen molar-refractivity contribution in [2.75, 3.05) is 6.54 Å². The number of carboxylic acid groups (broad SMARTS) is 1. The maximum atomic E-state index is 13.3. The van der Waals surface area contributed by atoms with Crippen molar-refractivity contribution in [1.29, 1.82) is 0 Å². The van der Waals surface area contributed by atoms with Gasteiger partial charge in [0.15, 0.2) is 5.69 Å². The minimum atomic E-state index is -0.859. The average Bonchev–Trinajstić information content (AvgIpc) is 3.24. The van der Waals surface area contributed by atoms with Gasteiger partial charge in [-0.05, 0) is 63.3 Å². The highest BCUT2D eigenvalue weighted by Gasteiger charge is 2.38. The summed E-state index contributed by atoms with van der Waals surface area (Å²) in [5, 5.41) is 14.0. The van der Waals surface area contributed by atoms with Gasteiger partial charge in [-0.1, -0.05) is 0 Å². The van der Waals surface area contributed by atoms with Gasteiger partial charge >= 0.3 is 5.97 Å². The number of fused-ring (bicyclic) bond motifs is 1. The number of hydrogen-bond acceptors (Lipinski definition) is 3. The fourth-order valence-corrected chi connectivity index (χ4v) is 4.30. The van der Waals surface area contributed by atoms with E-state index in [0.29, 0.717) is 25.1 Å². The summed E-state index contributed by atoms with van der Waals surface area (Å²) in [6.07, 6.45) is 3.81. The molecule has 1 fully saturated rings. The SMILES string of the molecule is C[C@@H]1[C@H](C(=O)O)CCCN1C(=O)c1nn(-c2ccc(F)cc2)c2c1CCC2. The number of amides is 1. The quantitative estimate of drug-likeness (QED) is 0.900. The maximum Gasteiger partial charge on any atom is 0.308 e. The smallest absolute Gasteiger partial charge is 0.308 e. The summed E-state index contributed by atoms with van der Waals surface area (Å²) in [7, 11) is 0. The Labute approximate surface area is 156 Å². The molecule has 27 heavy (non-hydrogen) atoms. The lowest BCUT2D eigenvalue weighted by atomic mass is 9.90. The van der Waals surface area contributed by atoms with Gasteiger partial charge in [-0.3, -0.25) is 9.59 Å². The van der Waals surface area contributed by atoms with E-state index < -0.39 is 11.9 Å². The fraction of sp³-hybridized carbons (Fsp3) is 0.450. The van der Waals surface area contributed by atoms with E-state index in [0.717, 1.165) is 36.2 Å². The van der Waals surface area contributed by atoms with Gasteiger partial charge in [-0.25, -0.2) is 9.07 Å². The molecule has 142 valence electrons. The molecule has 0 spiro atoms. The number of carboxylic acids is 1. The molecule has 1 amide bonds. The Bertz CT molecular complexity index is 891. The van der Waals surface area contributed by atoms with Crippen LogP contribution in [0.25, 0.3) is 5.69 Å². The maximum absolute atomic E-state index is 13.3. The van der Waals surface area contributed by atoms with Crippen molar-refractivity contribution in [3.05, 3.63) is 47.0 Å². The number of nitrogens with zero attached hydrogens (tertiary/aromatic N) is 3. The van der Waals surface area contributed by atoms with Crippen LogP contribution < -0.4 is 0 Å². The highest BCUT2D eigenvalue weighted by molar-refractivity contribution is 5.95. The minimum Gasteiger partial charge on any atom is -0.481 e. The van der Waals surface area contributed by atoms with Crippen LogP contribution in [0.15, 0.2) is 24.3 Å². The van der Waals surface area contributed by atoms with Crippen LogP contribution in [-0.2, 0) is 17.6 Å². The largest absolute Gasteiger partial charge is 0.481 e. The van der Waals surface area contributed by atoms with Crippen LogP contribution >= 0.6 is 0 Å². The molecular weight excluding hydrogens is 349 g/mol. The molecule has 0 radical (unpaired) electrons. The van der Waals surface area contributed by atoms with Crippen molar-refractivity contribution >= 4 is 11.9 Å². The summed E-state index contributed by atoms with van der Waals surface area (Å²) in [6, 6.07) is 5.70. The Morgan fingerprint density at radius 3 is 2.63 bits per heavy atom. The van der Waals surface area contributed by atoms with Gasteiger partial charge in [0.25, 0.3) is 5.91 Å². The van der Waals surface area contributed by atoms with Gasteiger partial charge < -0.3 is 10.0 Å². The number of carbonyl (C=O) groups is 2. The number of benzene rings is 1. The normalized spacial score (nSPS) is 21.9. The molecule has 4 rings (SSSR count). The van der Waals surface area contributed by atoms with Crippen LogP contribution in [-0.4, -0.2) is 44.3 Å². The molecule has 1 aliphatic heterocycles. The Hall–Kier alpha value is -2.70. The van der Waals surface area contributed by atoms with E-state index in [2.05, 4.69) is 5.10 Å². The van der Waals surface area contributed by atoms with E-state index in [1.807, 2.05) is 0 Å². The Kier molecular flexibility index (Phi) is 4.45. The van der Waals surface area contributed by atoms with Crippen LogP contribution in [0.1, 0.15) is 47.9 Å². The van der Waals surface area contributed by atoms with Crippen molar-refractivity contribution in [2.45, 2.75) is 45.1 Å². The Morgan fingerprint density at radius 2 is 1.93 bits per heavy atom. The number of likely N-dealkylation sites (tertiary alicyclic amines) is 1. The average molecular weight is 371 g/mol. The van der Waals surface area contributed by atoms with Crippen molar-refractivity contribution in [3.63, 3.8) is 0 Å². The summed E-state index contributed by atoms with van der Waals surface area (Å²) < 4.78 is 15.0.